The van der Waals surface area contributed by atoms with Crippen molar-refractivity contribution in [3.8, 4) is 0 Å². The van der Waals surface area contributed by atoms with Gasteiger partial charge in [0.25, 0.3) is 0 Å². The Kier molecular flexibility index (Phi) is 5.48. The smallest absolute Gasteiger partial charge is 0.242 e. The van der Waals surface area contributed by atoms with E-state index < -0.39 is 6.10 Å². The van der Waals surface area contributed by atoms with Gasteiger partial charge in [-0.05, 0) is 12.0 Å². The van der Waals surface area contributed by atoms with Crippen LogP contribution in [0.4, 0.5) is 0 Å². The quantitative estimate of drug-likeness (QED) is 0.853. The number of likely N-dealkylation sites (tertiary alicyclic amines) is 1. The van der Waals surface area contributed by atoms with Crippen LogP contribution in [0.2, 0.25) is 0 Å². The van der Waals surface area contributed by atoms with E-state index in [9.17, 15) is 14.7 Å². The molecule has 2 amide bonds. The number of rotatable bonds is 5. The zero-order valence-electron chi connectivity index (χ0n) is 13.9. The van der Waals surface area contributed by atoms with Crippen molar-refractivity contribution in [3.05, 3.63) is 35.9 Å². The van der Waals surface area contributed by atoms with E-state index in [4.69, 9.17) is 0 Å². The number of carbonyl (C=O) groups is 2. The molecule has 2 aliphatic rings. The Hall–Kier alpha value is -1.92. The number of aliphatic hydroxyl groups excluding tert-OH is 1. The molecular weight excluding hydrogens is 306 g/mol. The summed E-state index contributed by atoms with van der Waals surface area (Å²) in [7, 11) is 0. The van der Waals surface area contributed by atoms with Crippen LogP contribution >= 0.6 is 0 Å². The molecule has 24 heavy (non-hydrogen) atoms. The van der Waals surface area contributed by atoms with Crippen molar-refractivity contribution in [1.82, 2.24) is 14.7 Å². The Morgan fingerprint density at radius 1 is 1.08 bits per heavy atom. The summed E-state index contributed by atoms with van der Waals surface area (Å²) in [6.07, 6.45) is 0.922. The van der Waals surface area contributed by atoms with E-state index >= 15 is 0 Å². The fourth-order valence-corrected chi connectivity index (χ4v) is 3.34. The van der Waals surface area contributed by atoms with Crippen molar-refractivity contribution in [2.75, 3.05) is 45.8 Å². The van der Waals surface area contributed by atoms with Crippen molar-refractivity contribution in [2.45, 2.75) is 18.9 Å². The molecule has 1 unspecified atom stereocenters. The van der Waals surface area contributed by atoms with Crippen LogP contribution in [0.15, 0.2) is 30.3 Å². The summed E-state index contributed by atoms with van der Waals surface area (Å²) in [6.45, 7) is 4.31. The van der Waals surface area contributed by atoms with Gasteiger partial charge in [0.05, 0.1) is 12.6 Å². The van der Waals surface area contributed by atoms with Gasteiger partial charge in [-0.1, -0.05) is 30.3 Å². The number of β-amino-alcohol motifs (C(OH)–C–C–N with tert-alkyl or cyclic N) is 1. The second-order valence-corrected chi connectivity index (χ2v) is 6.53. The van der Waals surface area contributed by atoms with Gasteiger partial charge in [-0.2, -0.15) is 0 Å². The average Bonchev–Trinajstić information content (AvgIpc) is 3.01. The van der Waals surface area contributed by atoms with Crippen molar-refractivity contribution >= 4 is 11.8 Å². The molecule has 2 saturated heterocycles. The number of aliphatic hydroxyl groups is 1. The number of hydrogen-bond acceptors (Lipinski definition) is 4. The Bertz CT molecular complexity index is 570. The minimum Gasteiger partial charge on any atom is -0.387 e. The molecule has 1 atom stereocenters. The monoisotopic (exact) mass is 331 g/mol. The van der Waals surface area contributed by atoms with Crippen LogP contribution in [0.25, 0.3) is 0 Å². The number of carbonyl (C=O) groups excluding carboxylic acids is 2. The highest BCUT2D eigenvalue weighted by Crippen LogP contribution is 2.15. The van der Waals surface area contributed by atoms with Gasteiger partial charge in [0.2, 0.25) is 11.8 Å². The van der Waals surface area contributed by atoms with E-state index in [1.54, 1.807) is 4.90 Å². The van der Waals surface area contributed by atoms with E-state index in [1.807, 2.05) is 35.2 Å². The van der Waals surface area contributed by atoms with Crippen LogP contribution in [0.1, 0.15) is 24.5 Å². The van der Waals surface area contributed by atoms with Crippen molar-refractivity contribution in [3.63, 3.8) is 0 Å². The molecule has 0 bridgehead atoms. The largest absolute Gasteiger partial charge is 0.387 e. The molecule has 0 saturated carbocycles. The van der Waals surface area contributed by atoms with E-state index in [0.29, 0.717) is 32.6 Å². The fourth-order valence-electron chi connectivity index (χ4n) is 3.34. The summed E-state index contributed by atoms with van der Waals surface area (Å²) in [5, 5.41) is 10.3. The Morgan fingerprint density at radius 2 is 1.79 bits per heavy atom. The third kappa shape index (κ3) is 4.13. The first-order chi connectivity index (χ1) is 11.6. The molecule has 2 aliphatic heterocycles. The van der Waals surface area contributed by atoms with E-state index in [0.717, 1.165) is 25.1 Å². The maximum atomic E-state index is 12.3. The summed E-state index contributed by atoms with van der Waals surface area (Å²) in [5.41, 5.74) is 0.920. The molecule has 0 aliphatic carbocycles. The lowest BCUT2D eigenvalue weighted by Gasteiger charge is -2.36. The Morgan fingerprint density at radius 3 is 2.42 bits per heavy atom. The minimum absolute atomic E-state index is 0.0357. The molecule has 1 aromatic carbocycles. The van der Waals surface area contributed by atoms with Gasteiger partial charge < -0.3 is 14.9 Å². The topological polar surface area (TPSA) is 64.1 Å². The van der Waals surface area contributed by atoms with Gasteiger partial charge in [0.15, 0.2) is 0 Å². The lowest BCUT2D eigenvalue weighted by atomic mass is 10.1. The number of hydrogen-bond donors (Lipinski definition) is 1. The number of nitrogens with zero attached hydrogens (tertiary/aromatic N) is 3. The van der Waals surface area contributed by atoms with Gasteiger partial charge >= 0.3 is 0 Å². The third-order valence-electron chi connectivity index (χ3n) is 4.84. The summed E-state index contributed by atoms with van der Waals surface area (Å²) in [4.78, 5) is 29.6. The van der Waals surface area contributed by atoms with Crippen LogP contribution in [-0.2, 0) is 9.59 Å². The van der Waals surface area contributed by atoms with Crippen LogP contribution in [0.3, 0.4) is 0 Å². The molecule has 2 heterocycles. The average molecular weight is 331 g/mol. The van der Waals surface area contributed by atoms with Crippen LogP contribution in [-0.4, -0.2) is 77.4 Å². The standard InChI is InChI=1S/C18H25N3O3/c22-16(15-5-2-1-3-6-15)13-19-9-11-20(12-10-19)18(24)14-21-8-4-7-17(21)23/h1-3,5-6,16,22H,4,7-14H2. The molecule has 2 fully saturated rings. The predicted octanol–water partition coefficient (Wildman–Crippen LogP) is 0.487. The highest BCUT2D eigenvalue weighted by molar-refractivity contribution is 5.85. The molecular formula is C18H25N3O3. The lowest BCUT2D eigenvalue weighted by molar-refractivity contribution is -0.139. The molecule has 130 valence electrons. The fraction of sp³-hybridized carbons (Fsp3) is 0.556. The maximum Gasteiger partial charge on any atom is 0.242 e. The summed E-state index contributed by atoms with van der Waals surface area (Å²) in [5.74, 6) is 0.126. The van der Waals surface area contributed by atoms with Crippen LogP contribution < -0.4 is 0 Å². The Labute approximate surface area is 142 Å². The van der Waals surface area contributed by atoms with Gasteiger partial charge in [0.1, 0.15) is 0 Å². The first-order valence-electron chi connectivity index (χ1n) is 8.64. The van der Waals surface area contributed by atoms with Crippen molar-refractivity contribution in [1.29, 1.82) is 0 Å². The normalized spacial score (nSPS) is 20.5. The molecule has 6 heteroatoms. The molecule has 0 spiro atoms. The minimum atomic E-state index is -0.504. The third-order valence-corrected chi connectivity index (χ3v) is 4.84. The predicted molar refractivity (Wildman–Crippen MR) is 90.2 cm³/mol. The number of piperazine rings is 1. The zero-order chi connectivity index (χ0) is 16.9. The van der Waals surface area contributed by atoms with E-state index in [2.05, 4.69) is 4.90 Å². The molecule has 1 N–H and O–H groups in total. The van der Waals surface area contributed by atoms with Crippen LogP contribution in [0, 0.1) is 0 Å². The second kappa shape index (κ2) is 7.77. The SMILES string of the molecule is O=C(CN1CCCC1=O)N1CCN(CC(O)c2ccccc2)CC1. The highest BCUT2D eigenvalue weighted by Gasteiger charge is 2.27. The van der Waals surface area contributed by atoms with Crippen LogP contribution in [0.5, 0.6) is 0 Å². The van der Waals surface area contributed by atoms with E-state index in [1.165, 1.54) is 0 Å². The summed E-state index contributed by atoms with van der Waals surface area (Å²) < 4.78 is 0. The van der Waals surface area contributed by atoms with Crippen molar-refractivity contribution < 1.29 is 14.7 Å². The van der Waals surface area contributed by atoms with Gasteiger partial charge in [-0.25, -0.2) is 0 Å². The molecule has 0 aromatic heterocycles. The second-order valence-electron chi connectivity index (χ2n) is 6.53. The molecule has 1 aromatic rings. The van der Waals surface area contributed by atoms with Gasteiger partial charge in [-0.15, -0.1) is 0 Å². The maximum absolute atomic E-state index is 12.3. The molecule has 3 rings (SSSR count). The number of amides is 2. The first kappa shape index (κ1) is 16.9. The van der Waals surface area contributed by atoms with Gasteiger partial charge in [0, 0.05) is 45.7 Å². The highest BCUT2D eigenvalue weighted by atomic mass is 16.3. The van der Waals surface area contributed by atoms with Gasteiger partial charge in [-0.3, -0.25) is 14.5 Å². The Balaban J connectivity index is 1.43. The number of benzene rings is 1. The zero-order valence-corrected chi connectivity index (χ0v) is 13.9. The van der Waals surface area contributed by atoms with E-state index in [-0.39, 0.29) is 18.4 Å². The van der Waals surface area contributed by atoms with Crippen molar-refractivity contribution in [2.24, 2.45) is 0 Å². The summed E-state index contributed by atoms with van der Waals surface area (Å²) >= 11 is 0. The first-order valence-corrected chi connectivity index (χ1v) is 8.64. The lowest BCUT2D eigenvalue weighted by Crippen LogP contribution is -2.51. The summed E-state index contributed by atoms with van der Waals surface area (Å²) in [6, 6.07) is 9.64. The molecule has 6 nitrogen and oxygen atoms in total. The molecule has 0 radical (unpaired) electrons.